The lowest BCUT2D eigenvalue weighted by atomic mass is 10.2. The molecular formula is C16H14ClN3O3. The Hall–Kier alpha value is -2.86. The Bertz CT molecular complexity index is 730. The lowest BCUT2D eigenvalue weighted by molar-refractivity contribution is -0.126. The summed E-state index contributed by atoms with van der Waals surface area (Å²) in [6, 6.07) is 12.9. The molecule has 0 saturated carbocycles. The van der Waals surface area contributed by atoms with Crippen LogP contribution in [0.15, 0.2) is 53.6 Å². The molecule has 0 heterocycles. The number of aromatic hydroxyl groups is 1. The molecule has 0 bridgehead atoms. The first kappa shape index (κ1) is 16.5. The summed E-state index contributed by atoms with van der Waals surface area (Å²) in [7, 11) is 0. The van der Waals surface area contributed by atoms with Gasteiger partial charge in [-0.05, 0) is 48.0 Å². The fourth-order valence-corrected chi connectivity index (χ4v) is 1.89. The molecule has 2 amide bonds. The van der Waals surface area contributed by atoms with Gasteiger partial charge in [0.1, 0.15) is 12.2 Å². The van der Waals surface area contributed by atoms with Gasteiger partial charge in [0, 0.05) is 10.7 Å². The summed E-state index contributed by atoms with van der Waals surface area (Å²) in [5, 5.41) is 15.9. The Labute approximate surface area is 137 Å². The van der Waals surface area contributed by atoms with Gasteiger partial charge in [-0.25, -0.2) is 5.43 Å². The highest BCUT2D eigenvalue weighted by Gasteiger charge is 2.09. The number of carbonyl (C=O) groups excluding carboxylic acids is 2. The molecule has 0 atom stereocenters. The number of phenolic OH excluding ortho intramolecular Hbond substituents is 1. The molecule has 0 spiro atoms. The number of rotatable bonds is 5. The molecule has 0 fully saturated rings. The van der Waals surface area contributed by atoms with Gasteiger partial charge in [0.05, 0.1) is 6.21 Å². The highest BCUT2D eigenvalue weighted by molar-refractivity contribution is 6.30. The number of benzene rings is 2. The number of carbonyl (C=O) groups is 2. The molecule has 0 aliphatic heterocycles. The second-order valence-electron chi connectivity index (χ2n) is 4.62. The average Bonchev–Trinajstić information content (AvgIpc) is 2.49. The molecule has 118 valence electrons. The normalized spacial score (nSPS) is 10.5. The van der Waals surface area contributed by atoms with Gasteiger partial charge in [-0.2, -0.15) is 5.10 Å². The predicted octanol–water partition coefficient (Wildman–Crippen LogP) is 2.52. The third-order valence-electron chi connectivity index (χ3n) is 2.73. The van der Waals surface area contributed by atoms with E-state index < -0.39 is 11.8 Å². The van der Waals surface area contributed by atoms with Crippen molar-refractivity contribution in [3.8, 4) is 5.75 Å². The van der Waals surface area contributed by atoms with E-state index in [9.17, 15) is 9.59 Å². The van der Waals surface area contributed by atoms with Crippen molar-refractivity contribution in [2.75, 3.05) is 5.32 Å². The number of nitrogens with one attached hydrogen (secondary N) is 2. The van der Waals surface area contributed by atoms with Crippen molar-refractivity contribution in [2.45, 2.75) is 6.42 Å². The molecule has 2 aromatic rings. The molecule has 2 rings (SSSR count). The fourth-order valence-electron chi connectivity index (χ4n) is 1.70. The number of nitrogens with zero attached hydrogens (tertiary/aromatic N) is 1. The summed E-state index contributed by atoms with van der Waals surface area (Å²) in [6.45, 7) is 0. The highest BCUT2D eigenvalue weighted by atomic mass is 35.5. The smallest absolute Gasteiger partial charge is 0.249 e. The number of hydrogen-bond donors (Lipinski definition) is 3. The van der Waals surface area contributed by atoms with Crippen LogP contribution in [0.5, 0.6) is 5.75 Å². The molecule has 0 radical (unpaired) electrons. The van der Waals surface area contributed by atoms with Crippen LogP contribution in [0.3, 0.4) is 0 Å². The van der Waals surface area contributed by atoms with Crippen LogP contribution in [-0.2, 0) is 9.59 Å². The van der Waals surface area contributed by atoms with Gasteiger partial charge in [-0.1, -0.05) is 17.7 Å². The standard InChI is InChI=1S/C16H14ClN3O3/c17-12-2-1-3-13(8-12)19-15(22)9-16(23)20-18-10-11-4-6-14(21)7-5-11/h1-8,10,21H,9H2,(H,19,22)(H,20,23). The van der Waals surface area contributed by atoms with Gasteiger partial charge < -0.3 is 10.4 Å². The van der Waals surface area contributed by atoms with E-state index >= 15 is 0 Å². The number of amides is 2. The van der Waals surface area contributed by atoms with Crippen LogP contribution in [0, 0.1) is 0 Å². The summed E-state index contributed by atoms with van der Waals surface area (Å²) in [4.78, 5) is 23.3. The van der Waals surface area contributed by atoms with Crippen molar-refractivity contribution in [3.63, 3.8) is 0 Å². The molecule has 0 aliphatic rings. The summed E-state index contributed by atoms with van der Waals surface area (Å²) in [5.41, 5.74) is 3.47. The molecule has 0 saturated heterocycles. The summed E-state index contributed by atoms with van der Waals surface area (Å²) in [6.07, 6.45) is 1.05. The first-order valence-corrected chi connectivity index (χ1v) is 7.07. The Morgan fingerprint density at radius 1 is 1.13 bits per heavy atom. The van der Waals surface area contributed by atoms with Crippen LogP contribution in [0.4, 0.5) is 5.69 Å². The summed E-state index contributed by atoms with van der Waals surface area (Å²) < 4.78 is 0. The van der Waals surface area contributed by atoms with Crippen molar-refractivity contribution < 1.29 is 14.7 Å². The van der Waals surface area contributed by atoms with Crippen LogP contribution in [-0.4, -0.2) is 23.1 Å². The lowest BCUT2D eigenvalue weighted by Crippen LogP contribution is -2.24. The van der Waals surface area contributed by atoms with E-state index in [2.05, 4.69) is 15.8 Å². The van der Waals surface area contributed by atoms with Crippen LogP contribution < -0.4 is 10.7 Å². The minimum absolute atomic E-state index is 0.142. The van der Waals surface area contributed by atoms with Crippen molar-refractivity contribution in [3.05, 3.63) is 59.1 Å². The predicted molar refractivity (Wildman–Crippen MR) is 88.5 cm³/mol. The van der Waals surface area contributed by atoms with Crippen LogP contribution >= 0.6 is 11.6 Å². The zero-order valence-corrected chi connectivity index (χ0v) is 12.7. The van der Waals surface area contributed by atoms with Gasteiger partial charge >= 0.3 is 0 Å². The Balaban J connectivity index is 1.80. The lowest BCUT2D eigenvalue weighted by Gasteiger charge is -2.04. The molecular weight excluding hydrogens is 318 g/mol. The Morgan fingerprint density at radius 2 is 1.87 bits per heavy atom. The molecule has 7 heteroatoms. The van der Waals surface area contributed by atoms with E-state index in [0.717, 1.165) is 0 Å². The first-order chi connectivity index (χ1) is 11.0. The SMILES string of the molecule is O=C(CC(=O)Nc1cccc(Cl)c1)NN=Cc1ccc(O)cc1. The van der Waals surface area contributed by atoms with Crippen molar-refractivity contribution in [1.29, 1.82) is 0 Å². The van der Waals surface area contributed by atoms with Crippen LogP contribution in [0.25, 0.3) is 0 Å². The average molecular weight is 332 g/mol. The van der Waals surface area contributed by atoms with Crippen LogP contribution in [0.1, 0.15) is 12.0 Å². The van der Waals surface area contributed by atoms with E-state index in [-0.39, 0.29) is 12.2 Å². The van der Waals surface area contributed by atoms with Crippen molar-refractivity contribution in [1.82, 2.24) is 5.43 Å². The molecule has 23 heavy (non-hydrogen) atoms. The maximum absolute atomic E-state index is 11.7. The fraction of sp³-hybridized carbons (Fsp3) is 0.0625. The van der Waals surface area contributed by atoms with Crippen LogP contribution in [0.2, 0.25) is 5.02 Å². The van der Waals surface area contributed by atoms with Gasteiger partial charge in [0.25, 0.3) is 0 Å². The highest BCUT2D eigenvalue weighted by Crippen LogP contribution is 2.14. The number of anilines is 1. The number of phenols is 1. The number of hydrogen-bond acceptors (Lipinski definition) is 4. The third kappa shape index (κ3) is 5.80. The molecule has 0 unspecified atom stereocenters. The second kappa shape index (κ2) is 7.95. The summed E-state index contributed by atoms with van der Waals surface area (Å²) >= 11 is 5.81. The molecule has 0 aromatic heterocycles. The van der Waals surface area contributed by atoms with E-state index in [4.69, 9.17) is 16.7 Å². The maximum atomic E-state index is 11.7. The minimum atomic E-state index is -0.542. The van der Waals surface area contributed by atoms with Crippen molar-refractivity contribution in [2.24, 2.45) is 5.10 Å². The van der Waals surface area contributed by atoms with Gasteiger partial charge in [-0.15, -0.1) is 0 Å². The zero-order chi connectivity index (χ0) is 16.7. The van der Waals surface area contributed by atoms with Gasteiger partial charge in [0.2, 0.25) is 11.8 Å². The monoisotopic (exact) mass is 331 g/mol. The number of hydrazone groups is 1. The van der Waals surface area contributed by atoms with E-state index in [1.807, 2.05) is 0 Å². The third-order valence-corrected chi connectivity index (χ3v) is 2.96. The minimum Gasteiger partial charge on any atom is -0.508 e. The molecule has 2 aromatic carbocycles. The van der Waals surface area contributed by atoms with Gasteiger partial charge in [0.15, 0.2) is 0 Å². The topological polar surface area (TPSA) is 90.8 Å². The molecule has 6 nitrogen and oxygen atoms in total. The quantitative estimate of drug-likeness (QED) is 0.446. The Kier molecular flexibility index (Phi) is 5.71. The van der Waals surface area contributed by atoms with E-state index in [1.54, 1.807) is 36.4 Å². The maximum Gasteiger partial charge on any atom is 0.249 e. The largest absolute Gasteiger partial charge is 0.508 e. The van der Waals surface area contributed by atoms with E-state index in [0.29, 0.717) is 16.3 Å². The first-order valence-electron chi connectivity index (χ1n) is 6.69. The van der Waals surface area contributed by atoms with Gasteiger partial charge in [-0.3, -0.25) is 9.59 Å². The zero-order valence-electron chi connectivity index (χ0n) is 12.0. The number of halogens is 1. The molecule has 3 N–H and O–H groups in total. The van der Waals surface area contributed by atoms with Crippen molar-refractivity contribution >= 4 is 35.3 Å². The Morgan fingerprint density at radius 3 is 2.57 bits per heavy atom. The summed E-state index contributed by atoms with van der Waals surface area (Å²) in [5.74, 6) is -0.868. The second-order valence-corrected chi connectivity index (χ2v) is 5.06. The van der Waals surface area contributed by atoms with E-state index in [1.165, 1.54) is 18.3 Å². The molecule has 0 aliphatic carbocycles.